The second-order valence-electron chi connectivity index (χ2n) is 5.64. The van der Waals surface area contributed by atoms with E-state index in [1.165, 1.54) is 7.11 Å². The molecule has 0 spiro atoms. The summed E-state index contributed by atoms with van der Waals surface area (Å²) in [6.45, 7) is 1.71. The Morgan fingerprint density at radius 3 is 2.48 bits per heavy atom. The Balaban J connectivity index is 0.00000242. The van der Waals surface area contributed by atoms with E-state index >= 15 is 0 Å². The largest absolute Gasteiger partial charge is 2.00 e. The van der Waals surface area contributed by atoms with E-state index in [1.807, 2.05) is 7.05 Å². The molecule has 7 heteroatoms. The Kier molecular flexibility index (Phi) is 8.78. The van der Waals surface area contributed by atoms with Crippen molar-refractivity contribution in [1.82, 2.24) is 9.88 Å². The number of carbonyl (C=O) groups is 1. The number of aromatic nitrogens is 1. The number of hydrogen-bond acceptors (Lipinski definition) is 5. The van der Waals surface area contributed by atoms with Crippen molar-refractivity contribution in [3.63, 3.8) is 0 Å². The quantitative estimate of drug-likeness (QED) is 0.479. The van der Waals surface area contributed by atoms with Gasteiger partial charge in [-0.2, -0.15) is 0 Å². The van der Waals surface area contributed by atoms with Gasteiger partial charge >= 0.3 is 27.0 Å². The average molecular weight is 491 g/mol. The molecule has 0 radical (unpaired) electrons. The number of pyridine rings is 1. The van der Waals surface area contributed by atoms with E-state index < -0.39 is 5.41 Å². The van der Waals surface area contributed by atoms with E-state index in [-0.39, 0.29) is 40.3 Å². The number of nitrogens with one attached hydrogen (secondary N) is 1. The Morgan fingerprint density at radius 1 is 1.35 bits per heavy atom. The number of rotatable bonds is 4. The Labute approximate surface area is 153 Å². The van der Waals surface area contributed by atoms with Crippen LogP contribution in [0.5, 0.6) is 5.75 Å². The standard InChI is InChI=1S/C15H22N3O3.CH3.W/c1-18-6-4-15(5-7-18,14(19)21-3)10-11-8-12(20-2)9-13(16)17-11;;/h8-9H,4-7,10H2,1-3H3,(H-,16,17);1H3;/q2*-1;+2. The van der Waals surface area contributed by atoms with Crippen LogP contribution in [0.15, 0.2) is 12.1 Å². The van der Waals surface area contributed by atoms with Gasteiger partial charge in [-0.05, 0) is 51.5 Å². The van der Waals surface area contributed by atoms with Crippen LogP contribution in [0, 0.1) is 12.8 Å². The predicted octanol–water partition coefficient (Wildman–Crippen LogP) is 2.65. The van der Waals surface area contributed by atoms with Crippen molar-refractivity contribution >= 4 is 11.8 Å². The summed E-state index contributed by atoms with van der Waals surface area (Å²) in [5.74, 6) is 0.557. The first-order chi connectivity index (χ1) is 9.99. The van der Waals surface area contributed by atoms with E-state index in [2.05, 4.69) is 9.88 Å². The fourth-order valence-corrected chi connectivity index (χ4v) is 2.83. The van der Waals surface area contributed by atoms with Crippen LogP contribution >= 0.6 is 0 Å². The molecule has 1 aromatic rings. The fourth-order valence-electron chi connectivity index (χ4n) is 2.83. The zero-order valence-corrected chi connectivity index (χ0v) is 17.2. The third-order valence-corrected chi connectivity index (χ3v) is 4.17. The second kappa shape index (κ2) is 9.23. The first kappa shape index (κ1) is 21.9. The number of methoxy groups -OCH3 is 2. The van der Waals surface area contributed by atoms with Gasteiger partial charge in [0.15, 0.2) is 0 Å². The van der Waals surface area contributed by atoms with Crippen LogP contribution in [0.3, 0.4) is 0 Å². The van der Waals surface area contributed by atoms with Crippen LogP contribution in [0.1, 0.15) is 18.5 Å². The third-order valence-electron chi connectivity index (χ3n) is 4.17. The number of likely N-dealkylation sites (tertiary alicyclic amines) is 1. The molecule has 1 N–H and O–H groups in total. The normalized spacial score (nSPS) is 16.7. The first-order valence-corrected chi connectivity index (χ1v) is 7.02. The van der Waals surface area contributed by atoms with Crippen LogP contribution in [0.4, 0.5) is 5.82 Å². The number of carbonyl (C=O) groups excluding carboxylic acids is 1. The molecule has 2 heterocycles. The van der Waals surface area contributed by atoms with Crippen molar-refractivity contribution < 1.29 is 35.3 Å². The Bertz CT molecular complexity index is 517. The van der Waals surface area contributed by atoms with Crippen LogP contribution in [-0.4, -0.2) is 50.2 Å². The zero-order chi connectivity index (χ0) is 15.5. The molecule has 0 aromatic carbocycles. The van der Waals surface area contributed by atoms with E-state index in [1.54, 1.807) is 19.2 Å². The fraction of sp³-hybridized carbons (Fsp3) is 0.562. The van der Waals surface area contributed by atoms with E-state index in [0.29, 0.717) is 17.9 Å². The van der Waals surface area contributed by atoms with Gasteiger partial charge in [-0.25, -0.2) is 0 Å². The topological polar surface area (TPSA) is 75.5 Å². The summed E-state index contributed by atoms with van der Waals surface area (Å²) in [6.07, 6.45) is 1.96. The smallest absolute Gasteiger partial charge is 0.497 e. The molecule has 1 aliphatic heterocycles. The Morgan fingerprint density at radius 2 is 1.96 bits per heavy atom. The average Bonchev–Trinajstić information content (AvgIpc) is 2.48. The summed E-state index contributed by atoms with van der Waals surface area (Å²) in [4.78, 5) is 18.7. The molecule has 0 aliphatic carbocycles. The van der Waals surface area contributed by atoms with Crippen molar-refractivity contribution in [1.29, 1.82) is 0 Å². The van der Waals surface area contributed by atoms with E-state index in [9.17, 15) is 4.79 Å². The third kappa shape index (κ3) is 5.18. The van der Waals surface area contributed by atoms with Gasteiger partial charge in [-0.1, -0.05) is 11.5 Å². The van der Waals surface area contributed by atoms with Crippen molar-refractivity contribution in [3.05, 3.63) is 31.0 Å². The number of nitrogens with zero attached hydrogens (tertiary/aromatic N) is 2. The molecule has 1 aliphatic rings. The SMILES string of the molecule is COC(=O)C1(Cc2cc(OC)cc([NH-])n2)CCN(C)CC1.[CH3-].[W+2]. The first-order valence-electron chi connectivity index (χ1n) is 7.02. The minimum absolute atomic E-state index is 0. The van der Waals surface area contributed by atoms with E-state index in [0.717, 1.165) is 25.9 Å². The van der Waals surface area contributed by atoms with Crippen LogP contribution in [-0.2, 0) is 37.0 Å². The monoisotopic (exact) mass is 491 g/mol. The maximum Gasteiger partial charge on any atom is 2.00 e. The van der Waals surface area contributed by atoms with Gasteiger partial charge in [0.05, 0.1) is 19.6 Å². The van der Waals surface area contributed by atoms with Gasteiger partial charge in [-0.3, -0.25) is 4.79 Å². The minimum atomic E-state index is -0.549. The van der Waals surface area contributed by atoms with Gasteiger partial charge in [-0.15, -0.1) is 0 Å². The molecule has 0 saturated carbocycles. The summed E-state index contributed by atoms with van der Waals surface area (Å²) < 4.78 is 10.2. The van der Waals surface area contributed by atoms with E-state index in [4.69, 9.17) is 15.2 Å². The van der Waals surface area contributed by atoms with Crippen LogP contribution < -0.4 is 4.74 Å². The second-order valence-corrected chi connectivity index (χ2v) is 5.64. The van der Waals surface area contributed by atoms with Crippen molar-refractivity contribution in [2.45, 2.75) is 19.3 Å². The molecule has 0 atom stereocenters. The molecule has 23 heavy (non-hydrogen) atoms. The summed E-state index contributed by atoms with van der Waals surface area (Å²) in [5.41, 5.74) is 7.88. The molecule has 0 amide bonds. The summed E-state index contributed by atoms with van der Waals surface area (Å²) in [7, 11) is 5.04. The molecule has 6 nitrogen and oxygen atoms in total. The summed E-state index contributed by atoms with van der Waals surface area (Å²) >= 11 is 0. The van der Waals surface area contributed by atoms with Gasteiger partial charge in [0.1, 0.15) is 5.75 Å². The Hall–Kier alpha value is -1.13. The zero-order valence-electron chi connectivity index (χ0n) is 14.2. The summed E-state index contributed by atoms with van der Waals surface area (Å²) in [5, 5.41) is 0. The number of ether oxygens (including phenoxy) is 2. The number of esters is 1. The molecule has 1 fully saturated rings. The molecule has 1 aromatic heterocycles. The molecule has 0 bridgehead atoms. The molecule has 128 valence electrons. The van der Waals surface area contributed by atoms with Gasteiger partial charge < -0.3 is 32.5 Å². The minimum Gasteiger partial charge on any atom is -0.497 e. The van der Waals surface area contributed by atoms with Crippen molar-refractivity contribution in [2.24, 2.45) is 5.41 Å². The van der Waals surface area contributed by atoms with Gasteiger partial charge in [0, 0.05) is 0 Å². The molecule has 1 saturated heterocycles. The molecule has 0 unspecified atom stereocenters. The maximum atomic E-state index is 12.3. The van der Waals surface area contributed by atoms with Crippen molar-refractivity contribution in [3.8, 4) is 5.75 Å². The molecular formula is C16H25N3O3W. The predicted molar refractivity (Wildman–Crippen MR) is 86.1 cm³/mol. The van der Waals surface area contributed by atoms with Gasteiger partial charge in [0.25, 0.3) is 0 Å². The van der Waals surface area contributed by atoms with Crippen molar-refractivity contribution in [2.75, 3.05) is 34.4 Å². The molecular weight excluding hydrogens is 466 g/mol. The molecule has 2 rings (SSSR count). The maximum absolute atomic E-state index is 12.3. The van der Waals surface area contributed by atoms with Gasteiger partial charge in [0.2, 0.25) is 0 Å². The number of hydrogen-bond donors (Lipinski definition) is 0. The number of piperidine rings is 1. The van der Waals surface area contributed by atoms with Crippen LogP contribution in [0.2, 0.25) is 0 Å². The summed E-state index contributed by atoms with van der Waals surface area (Å²) in [6, 6.07) is 3.35. The van der Waals surface area contributed by atoms with Crippen LogP contribution in [0.25, 0.3) is 5.73 Å².